The standard InChI is InChI=1S/C17H19ClFN3O3/c1-24-16-7-4-12(8-15(16)18)22-17(20)21-9-13(23)10-25-14-5-2-11(19)3-6-14/h2-8,13,23H,9-10H2,1H3,(H3,20,21,22). The van der Waals surface area contributed by atoms with E-state index in [1.54, 1.807) is 18.2 Å². The lowest BCUT2D eigenvalue weighted by atomic mass is 10.3. The molecule has 1 unspecified atom stereocenters. The van der Waals surface area contributed by atoms with E-state index >= 15 is 0 Å². The number of methoxy groups -OCH3 is 1. The first-order valence-electron chi connectivity index (χ1n) is 7.45. The normalized spacial score (nSPS) is 12.6. The van der Waals surface area contributed by atoms with Gasteiger partial charge < -0.3 is 25.6 Å². The van der Waals surface area contributed by atoms with Crippen LogP contribution in [-0.2, 0) is 0 Å². The molecule has 0 heterocycles. The van der Waals surface area contributed by atoms with E-state index in [-0.39, 0.29) is 24.9 Å². The molecule has 0 aliphatic carbocycles. The fourth-order valence-electron chi connectivity index (χ4n) is 1.91. The summed E-state index contributed by atoms with van der Waals surface area (Å²) in [5.41, 5.74) is 6.41. The number of anilines is 1. The number of nitrogens with zero attached hydrogens (tertiary/aromatic N) is 1. The minimum Gasteiger partial charge on any atom is -0.495 e. The van der Waals surface area contributed by atoms with E-state index in [0.29, 0.717) is 22.2 Å². The fourth-order valence-corrected chi connectivity index (χ4v) is 2.17. The van der Waals surface area contributed by atoms with Gasteiger partial charge in [-0.1, -0.05) is 11.6 Å². The van der Waals surface area contributed by atoms with Gasteiger partial charge >= 0.3 is 0 Å². The van der Waals surface area contributed by atoms with Gasteiger partial charge in [0.05, 0.1) is 18.7 Å². The van der Waals surface area contributed by atoms with Gasteiger partial charge in [-0.2, -0.15) is 0 Å². The highest BCUT2D eigenvalue weighted by molar-refractivity contribution is 6.32. The Hall–Kier alpha value is -2.51. The highest BCUT2D eigenvalue weighted by Crippen LogP contribution is 2.27. The summed E-state index contributed by atoms with van der Waals surface area (Å²) in [7, 11) is 1.53. The molecule has 0 aliphatic heterocycles. The van der Waals surface area contributed by atoms with Crippen molar-refractivity contribution in [3.05, 3.63) is 53.3 Å². The number of aliphatic hydroxyl groups excluding tert-OH is 1. The summed E-state index contributed by atoms with van der Waals surface area (Å²) in [6.07, 6.45) is -0.857. The number of hydrogen-bond acceptors (Lipinski definition) is 4. The van der Waals surface area contributed by atoms with Crippen LogP contribution in [-0.4, -0.2) is 37.4 Å². The molecule has 0 saturated carbocycles. The Balaban J connectivity index is 1.81. The Morgan fingerprint density at radius 1 is 1.32 bits per heavy atom. The predicted molar refractivity (Wildman–Crippen MR) is 96.0 cm³/mol. The molecule has 6 nitrogen and oxygen atoms in total. The van der Waals surface area contributed by atoms with Crippen LogP contribution >= 0.6 is 11.6 Å². The minimum atomic E-state index is -0.857. The molecule has 0 aliphatic rings. The van der Waals surface area contributed by atoms with E-state index in [1.165, 1.54) is 31.4 Å². The van der Waals surface area contributed by atoms with Crippen molar-refractivity contribution in [1.82, 2.24) is 0 Å². The van der Waals surface area contributed by atoms with E-state index < -0.39 is 6.10 Å². The van der Waals surface area contributed by atoms with Gasteiger partial charge in [0.25, 0.3) is 0 Å². The third kappa shape index (κ3) is 6.13. The number of benzene rings is 2. The summed E-state index contributed by atoms with van der Waals surface area (Å²) in [5, 5.41) is 13.2. The SMILES string of the molecule is COc1ccc(NC(N)=NCC(O)COc2ccc(F)cc2)cc1Cl. The maximum atomic E-state index is 12.8. The van der Waals surface area contributed by atoms with Crippen LogP contribution in [0.25, 0.3) is 0 Å². The highest BCUT2D eigenvalue weighted by Gasteiger charge is 2.06. The lowest BCUT2D eigenvalue weighted by molar-refractivity contribution is 0.114. The van der Waals surface area contributed by atoms with Gasteiger partial charge in [0.2, 0.25) is 0 Å². The molecule has 0 saturated heterocycles. The van der Waals surface area contributed by atoms with Crippen LogP contribution in [0.4, 0.5) is 10.1 Å². The van der Waals surface area contributed by atoms with Crippen molar-refractivity contribution in [2.24, 2.45) is 10.7 Å². The van der Waals surface area contributed by atoms with Gasteiger partial charge in [0.1, 0.15) is 30.0 Å². The zero-order valence-electron chi connectivity index (χ0n) is 13.6. The van der Waals surface area contributed by atoms with Crippen LogP contribution < -0.4 is 20.5 Å². The van der Waals surface area contributed by atoms with Gasteiger partial charge in [-0.05, 0) is 42.5 Å². The van der Waals surface area contributed by atoms with Crippen molar-refractivity contribution in [2.45, 2.75) is 6.10 Å². The monoisotopic (exact) mass is 367 g/mol. The maximum absolute atomic E-state index is 12.8. The molecular formula is C17H19ClFN3O3. The van der Waals surface area contributed by atoms with E-state index in [1.807, 2.05) is 0 Å². The Labute approximate surface area is 150 Å². The quantitative estimate of drug-likeness (QED) is 0.517. The van der Waals surface area contributed by atoms with Crippen LogP contribution in [0.15, 0.2) is 47.5 Å². The van der Waals surface area contributed by atoms with Crippen molar-refractivity contribution < 1.29 is 19.0 Å². The Morgan fingerprint density at radius 3 is 2.68 bits per heavy atom. The predicted octanol–water partition coefficient (Wildman–Crippen LogP) is 2.65. The highest BCUT2D eigenvalue weighted by atomic mass is 35.5. The van der Waals surface area contributed by atoms with Gasteiger partial charge in [-0.15, -0.1) is 0 Å². The van der Waals surface area contributed by atoms with Crippen molar-refractivity contribution in [3.8, 4) is 11.5 Å². The molecule has 2 aromatic carbocycles. The van der Waals surface area contributed by atoms with Crippen molar-refractivity contribution in [2.75, 3.05) is 25.6 Å². The molecular weight excluding hydrogens is 349 g/mol. The molecule has 0 aromatic heterocycles. The van der Waals surface area contributed by atoms with Crippen LogP contribution in [0, 0.1) is 5.82 Å². The molecule has 0 amide bonds. The third-order valence-electron chi connectivity index (χ3n) is 3.15. The molecule has 2 aromatic rings. The molecule has 25 heavy (non-hydrogen) atoms. The topological polar surface area (TPSA) is 89.1 Å². The third-order valence-corrected chi connectivity index (χ3v) is 3.45. The minimum absolute atomic E-state index is 0.0107. The second kappa shape index (κ2) is 9.10. The Kier molecular flexibility index (Phi) is 6.85. The zero-order chi connectivity index (χ0) is 18.2. The average molecular weight is 368 g/mol. The molecule has 4 N–H and O–H groups in total. The summed E-state index contributed by atoms with van der Waals surface area (Å²) in [4.78, 5) is 4.04. The summed E-state index contributed by atoms with van der Waals surface area (Å²) >= 11 is 6.02. The number of rotatable bonds is 7. The van der Waals surface area contributed by atoms with Gasteiger partial charge in [0.15, 0.2) is 5.96 Å². The summed E-state index contributed by atoms with van der Waals surface area (Å²) in [6, 6.07) is 10.6. The second-order valence-electron chi connectivity index (χ2n) is 5.12. The summed E-state index contributed by atoms with van der Waals surface area (Å²) < 4.78 is 23.2. The first kappa shape index (κ1) is 18.8. The Bertz CT molecular complexity index is 726. The Morgan fingerprint density at radius 2 is 2.04 bits per heavy atom. The molecule has 0 spiro atoms. The number of aliphatic hydroxyl groups is 1. The summed E-state index contributed by atoms with van der Waals surface area (Å²) in [6.45, 7) is 0.0562. The van der Waals surface area contributed by atoms with Gasteiger partial charge in [-0.25, -0.2) is 4.39 Å². The maximum Gasteiger partial charge on any atom is 0.193 e. The van der Waals surface area contributed by atoms with Crippen LogP contribution in [0.2, 0.25) is 5.02 Å². The smallest absolute Gasteiger partial charge is 0.193 e. The molecule has 134 valence electrons. The van der Waals surface area contributed by atoms with Crippen LogP contribution in [0.3, 0.4) is 0 Å². The summed E-state index contributed by atoms with van der Waals surface area (Å²) in [5.74, 6) is 0.788. The lowest BCUT2D eigenvalue weighted by Crippen LogP contribution is -2.27. The first-order chi connectivity index (χ1) is 12.0. The number of hydrogen-bond donors (Lipinski definition) is 3. The number of halogens is 2. The first-order valence-corrected chi connectivity index (χ1v) is 7.82. The van der Waals surface area contributed by atoms with Crippen molar-refractivity contribution in [1.29, 1.82) is 0 Å². The number of guanidine groups is 1. The molecule has 2 rings (SSSR count). The van der Waals surface area contributed by atoms with Crippen molar-refractivity contribution >= 4 is 23.2 Å². The largest absolute Gasteiger partial charge is 0.495 e. The zero-order valence-corrected chi connectivity index (χ0v) is 14.3. The van der Waals surface area contributed by atoms with E-state index in [2.05, 4.69) is 10.3 Å². The fraction of sp³-hybridized carbons (Fsp3) is 0.235. The van der Waals surface area contributed by atoms with E-state index in [0.717, 1.165) is 0 Å². The average Bonchev–Trinajstić information content (AvgIpc) is 2.59. The van der Waals surface area contributed by atoms with Crippen LogP contribution in [0.5, 0.6) is 11.5 Å². The number of ether oxygens (including phenoxy) is 2. The molecule has 8 heteroatoms. The van der Waals surface area contributed by atoms with Gasteiger partial charge in [0, 0.05) is 5.69 Å². The number of nitrogens with two attached hydrogens (primary N) is 1. The van der Waals surface area contributed by atoms with Crippen molar-refractivity contribution in [3.63, 3.8) is 0 Å². The molecule has 0 bridgehead atoms. The lowest BCUT2D eigenvalue weighted by Gasteiger charge is -2.12. The molecule has 0 fully saturated rings. The molecule has 1 atom stereocenters. The second-order valence-corrected chi connectivity index (χ2v) is 5.53. The van der Waals surface area contributed by atoms with E-state index in [4.69, 9.17) is 26.8 Å². The van der Waals surface area contributed by atoms with Crippen LogP contribution in [0.1, 0.15) is 0 Å². The van der Waals surface area contributed by atoms with E-state index in [9.17, 15) is 9.50 Å². The number of nitrogens with one attached hydrogen (secondary N) is 1. The van der Waals surface area contributed by atoms with Gasteiger partial charge in [-0.3, -0.25) is 4.99 Å². The number of aliphatic imine (C=N–C) groups is 1. The molecule has 0 radical (unpaired) electrons.